The molecule has 0 unspecified atom stereocenters. The lowest BCUT2D eigenvalue weighted by Gasteiger charge is -2.44. The Kier molecular flexibility index (Phi) is 2.63. The van der Waals surface area contributed by atoms with E-state index in [1.807, 2.05) is 0 Å². The third kappa shape index (κ3) is 1.43. The van der Waals surface area contributed by atoms with Gasteiger partial charge in [-0.3, -0.25) is 0 Å². The topological polar surface area (TPSA) is 0 Å². The third-order valence-electron chi connectivity index (χ3n) is 6.28. The van der Waals surface area contributed by atoms with Gasteiger partial charge in [-0.05, 0) is 62.8 Å². The highest BCUT2D eigenvalue weighted by molar-refractivity contribution is 5.66. The second-order valence-electron chi connectivity index (χ2n) is 8.12. The molecule has 0 atom stereocenters. The van der Waals surface area contributed by atoms with Crippen LogP contribution in [-0.4, -0.2) is 0 Å². The quantitative estimate of drug-likeness (QED) is 0.496. The summed E-state index contributed by atoms with van der Waals surface area (Å²) in [6.07, 6.45) is 2.37. The van der Waals surface area contributed by atoms with Crippen molar-refractivity contribution in [3.63, 3.8) is 0 Å². The molecule has 0 radical (unpaired) electrons. The summed E-state index contributed by atoms with van der Waals surface area (Å²) in [5.41, 5.74) is 13.4. The molecule has 0 saturated heterocycles. The molecule has 0 heterocycles. The largest absolute Gasteiger partial charge is 0.0660 e. The zero-order valence-corrected chi connectivity index (χ0v) is 14.4. The molecule has 0 nitrogen and oxygen atoms in total. The van der Waals surface area contributed by atoms with Crippen molar-refractivity contribution in [2.45, 2.75) is 68.2 Å². The summed E-state index contributed by atoms with van der Waals surface area (Å²) < 4.78 is 0. The molecule has 108 valence electrons. The molecule has 0 aromatic rings. The van der Waals surface area contributed by atoms with Crippen molar-refractivity contribution < 1.29 is 0 Å². The minimum absolute atomic E-state index is 0.184. The Hall–Kier alpha value is -1.04. The van der Waals surface area contributed by atoms with E-state index in [4.69, 9.17) is 0 Å². The van der Waals surface area contributed by atoms with Crippen LogP contribution in [-0.2, 0) is 0 Å². The van der Waals surface area contributed by atoms with E-state index in [-0.39, 0.29) is 10.8 Å². The SMILES string of the molecule is CC1=C(C)C2=C(C1)C(C)(C)C1=C(C(C)=C(C)C1)C2(C)C. The summed E-state index contributed by atoms with van der Waals surface area (Å²) in [5, 5.41) is 0. The molecule has 0 heteroatoms. The fourth-order valence-electron chi connectivity index (χ4n) is 4.92. The lowest BCUT2D eigenvalue weighted by molar-refractivity contribution is 0.431. The van der Waals surface area contributed by atoms with E-state index < -0.39 is 0 Å². The van der Waals surface area contributed by atoms with Crippen LogP contribution in [0.3, 0.4) is 0 Å². The number of hydrogen-bond acceptors (Lipinski definition) is 0. The van der Waals surface area contributed by atoms with E-state index in [9.17, 15) is 0 Å². The van der Waals surface area contributed by atoms with E-state index in [0.717, 1.165) is 0 Å². The molecular weight excluding hydrogens is 240 g/mol. The summed E-state index contributed by atoms with van der Waals surface area (Å²) >= 11 is 0. The Morgan fingerprint density at radius 3 is 1.30 bits per heavy atom. The van der Waals surface area contributed by atoms with Crippen molar-refractivity contribution in [1.29, 1.82) is 0 Å². The Morgan fingerprint density at radius 1 is 0.600 bits per heavy atom. The first-order valence-corrected chi connectivity index (χ1v) is 7.91. The lowest BCUT2D eigenvalue weighted by Crippen LogP contribution is -2.32. The van der Waals surface area contributed by atoms with Gasteiger partial charge in [0.2, 0.25) is 0 Å². The van der Waals surface area contributed by atoms with Gasteiger partial charge in [-0.25, -0.2) is 0 Å². The normalized spacial score (nSPS) is 27.6. The van der Waals surface area contributed by atoms with Gasteiger partial charge in [-0.1, -0.05) is 50.0 Å². The standard InChI is InChI=1S/C20H28/c1-11-9-15-17(13(11)3)20(7,8)18-14(4)12(2)10-16(18)19(15,5)6/h9-10H2,1-8H3. The average Bonchev–Trinajstić information content (AvgIpc) is 2.80. The Morgan fingerprint density at radius 2 is 0.950 bits per heavy atom. The molecule has 0 fully saturated rings. The van der Waals surface area contributed by atoms with Gasteiger partial charge >= 0.3 is 0 Å². The molecule has 0 aromatic carbocycles. The van der Waals surface area contributed by atoms with Crippen LogP contribution in [0.2, 0.25) is 0 Å². The summed E-state index contributed by atoms with van der Waals surface area (Å²) in [4.78, 5) is 0. The van der Waals surface area contributed by atoms with Crippen LogP contribution in [0, 0.1) is 10.8 Å². The van der Waals surface area contributed by atoms with Crippen LogP contribution in [0.4, 0.5) is 0 Å². The van der Waals surface area contributed by atoms with Crippen LogP contribution in [0.5, 0.6) is 0 Å². The molecular formula is C20H28. The predicted molar refractivity (Wildman–Crippen MR) is 87.6 cm³/mol. The van der Waals surface area contributed by atoms with Crippen LogP contribution >= 0.6 is 0 Å². The summed E-state index contributed by atoms with van der Waals surface area (Å²) in [6, 6.07) is 0. The lowest BCUT2D eigenvalue weighted by atomic mass is 9.59. The van der Waals surface area contributed by atoms with Crippen LogP contribution < -0.4 is 0 Å². The van der Waals surface area contributed by atoms with Crippen molar-refractivity contribution in [3.8, 4) is 0 Å². The number of rotatable bonds is 0. The Labute approximate surface area is 124 Å². The van der Waals surface area contributed by atoms with Gasteiger partial charge in [0, 0.05) is 10.8 Å². The molecule has 0 spiro atoms. The highest BCUT2D eigenvalue weighted by Gasteiger charge is 2.49. The molecule has 0 aliphatic heterocycles. The molecule has 0 aromatic heterocycles. The Balaban J connectivity index is 2.29. The molecule has 0 bridgehead atoms. The fourth-order valence-corrected chi connectivity index (χ4v) is 4.92. The minimum atomic E-state index is 0.184. The van der Waals surface area contributed by atoms with Crippen molar-refractivity contribution in [1.82, 2.24) is 0 Å². The first-order chi connectivity index (χ1) is 9.10. The Bertz CT molecular complexity index is 586. The van der Waals surface area contributed by atoms with Gasteiger partial charge in [0.25, 0.3) is 0 Å². The van der Waals surface area contributed by atoms with Crippen LogP contribution in [0.1, 0.15) is 68.2 Å². The molecule has 0 N–H and O–H groups in total. The first-order valence-electron chi connectivity index (χ1n) is 7.91. The van der Waals surface area contributed by atoms with E-state index in [1.54, 1.807) is 44.6 Å². The zero-order chi connectivity index (χ0) is 15.0. The van der Waals surface area contributed by atoms with Crippen molar-refractivity contribution >= 4 is 0 Å². The van der Waals surface area contributed by atoms with Gasteiger partial charge < -0.3 is 0 Å². The molecule has 0 saturated carbocycles. The van der Waals surface area contributed by atoms with Gasteiger partial charge in [0.15, 0.2) is 0 Å². The van der Waals surface area contributed by atoms with Crippen LogP contribution in [0.25, 0.3) is 0 Å². The summed E-state index contributed by atoms with van der Waals surface area (Å²) in [7, 11) is 0. The van der Waals surface area contributed by atoms with Crippen molar-refractivity contribution in [2.75, 3.05) is 0 Å². The predicted octanol–water partition coefficient (Wildman–Crippen LogP) is 6.13. The van der Waals surface area contributed by atoms with E-state index in [2.05, 4.69) is 55.4 Å². The number of hydrogen-bond donors (Lipinski definition) is 0. The maximum Gasteiger partial charge on any atom is 0.0151 e. The van der Waals surface area contributed by atoms with E-state index >= 15 is 0 Å². The first kappa shape index (κ1) is 13.9. The summed E-state index contributed by atoms with van der Waals surface area (Å²) in [6.45, 7) is 19.1. The molecule has 0 amide bonds. The zero-order valence-electron chi connectivity index (χ0n) is 14.4. The van der Waals surface area contributed by atoms with Gasteiger partial charge in [0.05, 0.1) is 0 Å². The highest BCUT2D eigenvalue weighted by atomic mass is 14.5. The summed E-state index contributed by atoms with van der Waals surface area (Å²) in [5.74, 6) is 0. The fraction of sp³-hybridized carbons (Fsp3) is 0.600. The third-order valence-corrected chi connectivity index (χ3v) is 6.28. The van der Waals surface area contributed by atoms with Crippen molar-refractivity contribution in [2.24, 2.45) is 10.8 Å². The molecule has 20 heavy (non-hydrogen) atoms. The van der Waals surface area contributed by atoms with Crippen LogP contribution in [0.15, 0.2) is 44.6 Å². The highest BCUT2D eigenvalue weighted by Crippen LogP contribution is 2.63. The molecule has 3 aliphatic carbocycles. The second kappa shape index (κ2) is 3.78. The number of allylic oxidation sites excluding steroid dienone is 8. The maximum absolute atomic E-state index is 2.45. The van der Waals surface area contributed by atoms with E-state index in [1.165, 1.54) is 12.8 Å². The van der Waals surface area contributed by atoms with Crippen molar-refractivity contribution in [3.05, 3.63) is 44.6 Å². The van der Waals surface area contributed by atoms with Gasteiger partial charge in [-0.15, -0.1) is 0 Å². The van der Waals surface area contributed by atoms with Gasteiger partial charge in [0.1, 0.15) is 0 Å². The minimum Gasteiger partial charge on any atom is -0.0660 e. The van der Waals surface area contributed by atoms with Gasteiger partial charge in [-0.2, -0.15) is 0 Å². The monoisotopic (exact) mass is 268 g/mol. The average molecular weight is 268 g/mol. The molecule has 3 rings (SSSR count). The molecule has 3 aliphatic rings. The smallest absolute Gasteiger partial charge is 0.0151 e. The maximum atomic E-state index is 2.45. The second-order valence-corrected chi connectivity index (χ2v) is 8.12. The van der Waals surface area contributed by atoms with E-state index in [0.29, 0.717) is 0 Å².